The van der Waals surface area contributed by atoms with Gasteiger partial charge in [-0.1, -0.05) is 77.7 Å². The molecule has 0 spiro atoms. The summed E-state index contributed by atoms with van der Waals surface area (Å²) in [4.78, 5) is 8.64. The predicted molar refractivity (Wildman–Crippen MR) is 154 cm³/mol. The van der Waals surface area contributed by atoms with Crippen molar-refractivity contribution in [2.24, 2.45) is 0 Å². The molecule has 1 radical (unpaired) electrons. The summed E-state index contributed by atoms with van der Waals surface area (Å²) in [5.41, 5.74) is 7.32. The van der Waals surface area contributed by atoms with E-state index in [1.807, 2.05) is 115 Å². The van der Waals surface area contributed by atoms with E-state index < -0.39 is 0 Å². The van der Waals surface area contributed by atoms with Crippen LogP contribution < -0.4 is 0 Å². The van der Waals surface area contributed by atoms with Crippen LogP contribution in [-0.2, 0) is 20.1 Å². The van der Waals surface area contributed by atoms with E-state index in [1.165, 1.54) is 0 Å². The standard InChI is InChI=1S/C24H13N2O.C11H8N.Ir/c25-15-21-17(16-7-2-1-3-8-16)12-13-19-18-9-6-10-20(23(18)27-24(19)21)22-11-4-5-14-26-22;1-2-6-10(7-3-1)11-8-4-5-9-12-11;/h1-9,11-14H;1-6,8-9H;/q2*-1;. The molecule has 0 saturated carbocycles. The molecule has 0 unspecified atom stereocenters. The molecule has 0 aliphatic rings. The van der Waals surface area contributed by atoms with Crippen molar-refractivity contribution in [1.82, 2.24) is 9.97 Å². The van der Waals surface area contributed by atoms with Gasteiger partial charge in [-0.15, -0.1) is 54.1 Å². The molecular weight excluding hydrogens is 671 g/mol. The number of pyridine rings is 2. The number of furan rings is 1. The second kappa shape index (κ2) is 12.3. The molecule has 0 atom stereocenters. The van der Waals surface area contributed by atoms with E-state index in [0.717, 1.165) is 44.4 Å². The van der Waals surface area contributed by atoms with Crippen molar-refractivity contribution in [2.45, 2.75) is 0 Å². The number of aromatic nitrogens is 2. The first kappa shape index (κ1) is 26.7. The molecule has 5 heteroatoms. The molecule has 3 aromatic heterocycles. The number of hydrogen-bond acceptors (Lipinski definition) is 4. The van der Waals surface area contributed by atoms with E-state index in [1.54, 1.807) is 12.4 Å². The number of nitriles is 1. The first-order chi connectivity index (χ1) is 19.3. The second-order valence-electron chi connectivity index (χ2n) is 8.75. The molecule has 0 fully saturated rings. The average Bonchev–Trinajstić information content (AvgIpc) is 3.42. The summed E-state index contributed by atoms with van der Waals surface area (Å²) in [6.45, 7) is 0. The predicted octanol–water partition coefficient (Wildman–Crippen LogP) is 8.53. The molecule has 3 heterocycles. The van der Waals surface area contributed by atoms with Crippen molar-refractivity contribution in [3.63, 3.8) is 0 Å². The Bertz CT molecular complexity index is 1860. The summed E-state index contributed by atoms with van der Waals surface area (Å²) in [6.07, 6.45) is 3.54. The van der Waals surface area contributed by atoms with Crippen molar-refractivity contribution in [1.29, 1.82) is 5.26 Å². The summed E-state index contributed by atoms with van der Waals surface area (Å²) >= 11 is 0. The van der Waals surface area contributed by atoms with Gasteiger partial charge in [0.15, 0.2) is 0 Å². The number of benzene rings is 4. The summed E-state index contributed by atoms with van der Waals surface area (Å²) < 4.78 is 6.23. The molecule has 7 aromatic rings. The van der Waals surface area contributed by atoms with Crippen LogP contribution in [0.4, 0.5) is 0 Å². The van der Waals surface area contributed by atoms with Gasteiger partial charge in [-0.3, -0.25) is 0 Å². The van der Waals surface area contributed by atoms with Crippen LogP contribution in [0.2, 0.25) is 0 Å². The van der Waals surface area contributed by atoms with E-state index in [0.29, 0.717) is 16.7 Å². The van der Waals surface area contributed by atoms with Gasteiger partial charge in [0.2, 0.25) is 0 Å². The van der Waals surface area contributed by atoms with Crippen molar-refractivity contribution in [3.05, 3.63) is 145 Å². The van der Waals surface area contributed by atoms with E-state index in [9.17, 15) is 5.26 Å². The first-order valence-electron chi connectivity index (χ1n) is 12.5. The fraction of sp³-hybridized carbons (Fsp3) is 0. The van der Waals surface area contributed by atoms with Gasteiger partial charge in [-0.05, 0) is 29.1 Å². The third-order valence-electron chi connectivity index (χ3n) is 6.37. The van der Waals surface area contributed by atoms with Gasteiger partial charge in [0.1, 0.15) is 17.2 Å². The molecular formula is C35H21IrN3O-2. The van der Waals surface area contributed by atoms with Crippen LogP contribution in [-0.4, -0.2) is 9.97 Å². The summed E-state index contributed by atoms with van der Waals surface area (Å²) in [5.74, 6) is 0. The summed E-state index contributed by atoms with van der Waals surface area (Å²) in [5, 5.41) is 11.7. The van der Waals surface area contributed by atoms with Crippen molar-refractivity contribution in [3.8, 4) is 39.7 Å². The maximum Gasteiger partial charge on any atom is 0.139 e. The summed E-state index contributed by atoms with van der Waals surface area (Å²) in [6, 6.07) is 45.9. The van der Waals surface area contributed by atoms with Crippen LogP contribution in [0.15, 0.2) is 132 Å². The van der Waals surface area contributed by atoms with Crippen LogP contribution >= 0.6 is 0 Å². The Hall–Kier alpha value is -4.88. The number of hydrogen-bond donors (Lipinski definition) is 0. The van der Waals surface area contributed by atoms with E-state index in [-0.39, 0.29) is 20.1 Å². The smallest absolute Gasteiger partial charge is 0.139 e. The van der Waals surface area contributed by atoms with Gasteiger partial charge in [0, 0.05) is 43.4 Å². The van der Waals surface area contributed by atoms with Crippen molar-refractivity contribution < 1.29 is 24.5 Å². The Balaban J connectivity index is 0.000000209. The van der Waals surface area contributed by atoms with E-state index >= 15 is 0 Å². The molecule has 0 amide bonds. The maximum atomic E-state index is 9.86. The Morgan fingerprint density at radius 1 is 0.625 bits per heavy atom. The first-order valence-corrected chi connectivity index (χ1v) is 12.5. The molecule has 40 heavy (non-hydrogen) atoms. The molecule has 0 aliphatic heterocycles. The fourth-order valence-electron chi connectivity index (χ4n) is 4.55. The minimum atomic E-state index is 0. The molecule has 7 rings (SSSR count). The zero-order valence-corrected chi connectivity index (χ0v) is 23.6. The van der Waals surface area contributed by atoms with Gasteiger partial charge in [0.25, 0.3) is 0 Å². The van der Waals surface area contributed by atoms with E-state index in [4.69, 9.17) is 4.42 Å². The monoisotopic (exact) mass is 692 g/mol. The van der Waals surface area contributed by atoms with Crippen LogP contribution in [0, 0.1) is 23.5 Å². The zero-order valence-electron chi connectivity index (χ0n) is 21.2. The Kier molecular flexibility index (Phi) is 8.23. The molecule has 4 nitrogen and oxygen atoms in total. The second-order valence-corrected chi connectivity index (χ2v) is 8.75. The summed E-state index contributed by atoms with van der Waals surface area (Å²) in [7, 11) is 0. The zero-order chi connectivity index (χ0) is 26.4. The van der Waals surface area contributed by atoms with Crippen molar-refractivity contribution >= 4 is 21.9 Å². The van der Waals surface area contributed by atoms with E-state index in [2.05, 4.69) is 28.2 Å². The normalized spacial score (nSPS) is 10.3. The minimum Gasteiger partial charge on any atom is -0.499 e. The molecule has 0 aliphatic carbocycles. The third-order valence-corrected chi connectivity index (χ3v) is 6.37. The molecule has 193 valence electrons. The van der Waals surface area contributed by atoms with Crippen LogP contribution in [0.25, 0.3) is 55.6 Å². The minimum absolute atomic E-state index is 0. The topological polar surface area (TPSA) is 62.7 Å². The van der Waals surface area contributed by atoms with Gasteiger partial charge in [-0.25, -0.2) is 0 Å². The Morgan fingerprint density at radius 2 is 1.32 bits per heavy atom. The Labute approximate surface area is 245 Å². The fourth-order valence-corrected chi connectivity index (χ4v) is 4.55. The molecule has 0 saturated heterocycles. The molecule has 0 bridgehead atoms. The van der Waals surface area contributed by atoms with Crippen LogP contribution in [0.5, 0.6) is 0 Å². The molecule has 4 aromatic carbocycles. The van der Waals surface area contributed by atoms with Crippen molar-refractivity contribution in [2.75, 3.05) is 0 Å². The van der Waals surface area contributed by atoms with Gasteiger partial charge >= 0.3 is 0 Å². The Morgan fingerprint density at radius 3 is 2.00 bits per heavy atom. The van der Waals surface area contributed by atoms with Gasteiger partial charge in [0.05, 0.1) is 5.58 Å². The number of fused-ring (bicyclic) bond motifs is 3. The average molecular weight is 692 g/mol. The van der Waals surface area contributed by atoms with Crippen LogP contribution in [0.1, 0.15) is 5.56 Å². The SMILES string of the molecule is N#Cc1c(-c2ccccc2)ccc2c1oc1c(-c3ccccn3)[c-]ccc12.[Ir].[c-]1ccccc1-c1ccccn1. The quantitative estimate of drug-likeness (QED) is 0.174. The maximum absolute atomic E-state index is 9.86. The van der Waals surface area contributed by atoms with Gasteiger partial charge < -0.3 is 14.4 Å². The third kappa shape index (κ3) is 5.32. The largest absolute Gasteiger partial charge is 0.499 e. The molecule has 0 N–H and O–H groups in total. The van der Waals surface area contributed by atoms with Gasteiger partial charge in [-0.2, -0.15) is 5.26 Å². The number of rotatable bonds is 3. The number of nitrogens with zero attached hydrogens (tertiary/aromatic N) is 3. The van der Waals surface area contributed by atoms with Crippen LogP contribution in [0.3, 0.4) is 0 Å².